The average Bonchev–Trinajstić information content (AvgIpc) is 3.82. The van der Waals surface area contributed by atoms with Crippen LogP contribution in [-0.2, 0) is 18.6 Å². The van der Waals surface area contributed by atoms with Gasteiger partial charge in [0.25, 0.3) is 0 Å². The Bertz CT molecular complexity index is 2800. The van der Waals surface area contributed by atoms with E-state index >= 15 is 0 Å². The molecule has 0 bridgehead atoms. The molecule has 0 spiro atoms. The Morgan fingerprint density at radius 1 is 0.369 bits per heavy atom. The Kier molecular flexibility index (Phi) is 10.4. The molecule has 0 N–H and O–H groups in total. The maximum Gasteiger partial charge on any atom is 0.494 e. The van der Waals surface area contributed by atoms with E-state index in [4.69, 9.17) is 18.6 Å². The van der Waals surface area contributed by atoms with Crippen LogP contribution in [0, 0.1) is 13.8 Å². The third-order valence-electron chi connectivity index (χ3n) is 14.2. The molecule has 7 nitrogen and oxygen atoms in total. The van der Waals surface area contributed by atoms with E-state index in [2.05, 4.69) is 247 Å². The molecule has 2 aliphatic heterocycles. The van der Waals surface area contributed by atoms with Gasteiger partial charge < -0.3 is 33.0 Å². The van der Waals surface area contributed by atoms with Gasteiger partial charge in [-0.25, -0.2) is 0 Å². The fourth-order valence-corrected chi connectivity index (χ4v) is 8.93. The van der Waals surface area contributed by atoms with Crippen molar-refractivity contribution in [1.29, 1.82) is 0 Å². The van der Waals surface area contributed by atoms with Gasteiger partial charge in [-0.2, -0.15) is 0 Å². The van der Waals surface area contributed by atoms with Crippen molar-refractivity contribution < 1.29 is 18.6 Å². The normalized spacial score (nSPS) is 17.3. The molecule has 0 saturated carbocycles. The summed E-state index contributed by atoms with van der Waals surface area (Å²) in [5, 5.41) is 2.29. The van der Waals surface area contributed by atoms with Gasteiger partial charge in [0.05, 0.1) is 33.4 Å². The summed E-state index contributed by atoms with van der Waals surface area (Å²) in [4.78, 5) is 4.67. The van der Waals surface area contributed by atoms with Crippen molar-refractivity contribution in [3.8, 4) is 5.69 Å². The van der Waals surface area contributed by atoms with Crippen molar-refractivity contribution >= 4 is 81.1 Å². The highest BCUT2D eigenvalue weighted by Gasteiger charge is 2.52. The first-order chi connectivity index (χ1) is 31.0. The molecule has 65 heavy (non-hydrogen) atoms. The first-order valence-electron chi connectivity index (χ1n) is 22.8. The van der Waals surface area contributed by atoms with Crippen molar-refractivity contribution in [3.63, 3.8) is 0 Å². The number of benzene rings is 7. The number of aryl methyl sites for hydroxylation is 2. The van der Waals surface area contributed by atoms with Crippen LogP contribution in [0.15, 0.2) is 164 Å². The van der Waals surface area contributed by atoms with Gasteiger partial charge in [-0.1, -0.05) is 77.9 Å². The monoisotopic (exact) mass is 857 g/mol. The zero-order chi connectivity index (χ0) is 45.5. The Labute approximate surface area is 384 Å². The topological polar surface area (TPSA) is 48.3 Å². The number of rotatable bonds is 9. The summed E-state index contributed by atoms with van der Waals surface area (Å²) in [6.45, 7) is 21.0. The van der Waals surface area contributed by atoms with Crippen LogP contribution in [-0.4, -0.2) is 41.2 Å². The minimum Gasteiger partial charge on any atom is -0.399 e. The van der Waals surface area contributed by atoms with Crippen LogP contribution in [0.2, 0.25) is 0 Å². The zero-order valence-electron chi connectivity index (χ0n) is 39.2. The molecule has 10 rings (SSSR count). The smallest absolute Gasteiger partial charge is 0.399 e. The second-order valence-corrected chi connectivity index (χ2v) is 19.8. The second-order valence-electron chi connectivity index (χ2n) is 19.8. The first kappa shape index (κ1) is 42.8. The predicted molar refractivity (Wildman–Crippen MR) is 271 cm³/mol. The lowest BCUT2D eigenvalue weighted by Crippen LogP contribution is -2.41. The summed E-state index contributed by atoms with van der Waals surface area (Å²) in [6, 6.07) is 59.1. The highest BCUT2D eigenvalue weighted by atomic mass is 16.7. The van der Waals surface area contributed by atoms with Gasteiger partial charge in [0.2, 0.25) is 0 Å². The average molecular weight is 858 g/mol. The first-order valence-corrected chi connectivity index (χ1v) is 22.8. The van der Waals surface area contributed by atoms with Gasteiger partial charge in [-0.3, -0.25) is 0 Å². The number of nitrogens with zero attached hydrogens (tertiary/aromatic N) is 3. The lowest BCUT2D eigenvalue weighted by molar-refractivity contribution is 0.00578. The van der Waals surface area contributed by atoms with E-state index < -0.39 is 36.6 Å². The maximum absolute atomic E-state index is 6.44. The largest absolute Gasteiger partial charge is 0.494 e. The highest BCUT2D eigenvalue weighted by molar-refractivity contribution is 6.62. The van der Waals surface area contributed by atoms with Crippen molar-refractivity contribution in [3.05, 3.63) is 175 Å². The Hall–Kier alpha value is -6.09. The maximum atomic E-state index is 6.44. The molecule has 0 aliphatic carbocycles. The van der Waals surface area contributed by atoms with Gasteiger partial charge in [0.1, 0.15) is 0 Å². The number of para-hydroxylation sites is 1. The summed E-state index contributed by atoms with van der Waals surface area (Å²) < 4.78 is 28.1. The van der Waals surface area contributed by atoms with Crippen LogP contribution in [0.3, 0.4) is 0 Å². The lowest BCUT2D eigenvalue weighted by Gasteiger charge is -2.32. The van der Waals surface area contributed by atoms with Crippen molar-refractivity contribution in [2.75, 3.05) is 9.80 Å². The Morgan fingerprint density at radius 3 is 1.02 bits per heavy atom. The van der Waals surface area contributed by atoms with Crippen LogP contribution in [0.25, 0.3) is 27.5 Å². The minimum atomic E-state index is -0.441. The molecule has 0 atom stereocenters. The molecule has 8 aromatic rings. The minimum absolute atomic E-state index is 0.421. The molecular formula is C56H57B2N3O4. The summed E-state index contributed by atoms with van der Waals surface area (Å²) in [5.41, 5.74) is 12.4. The fourth-order valence-electron chi connectivity index (χ4n) is 8.93. The summed E-state index contributed by atoms with van der Waals surface area (Å²) in [7, 11) is -0.881. The Balaban J connectivity index is 1.11. The highest BCUT2D eigenvalue weighted by Crippen LogP contribution is 2.44. The standard InChI is InChI=1S/C56H57B2N3O4/c1-38-16-24-43(25-17-38)59(45-28-20-40(21-29-45)57-62-53(3,4)54(5,6)63-57)47-32-34-51-49(36-47)50-37-48(33-35-52(50)61(51)42-14-12-11-13-15-42)60(44-26-18-39(2)19-27-44)46-30-22-41(23-31-46)58-64-55(7,8)56(9,10)65-58/h11-37H,1-10H3. The molecule has 0 unspecified atom stereocenters. The number of fused-ring (bicyclic) bond motifs is 3. The summed E-state index contributed by atoms with van der Waals surface area (Å²) in [5.74, 6) is 0. The third kappa shape index (κ3) is 7.64. The van der Waals surface area contributed by atoms with Crippen molar-refractivity contribution in [2.24, 2.45) is 0 Å². The van der Waals surface area contributed by atoms with Crippen LogP contribution < -0.4 is 20.7 Å². The molecule has 0 amide bonds. The van der Waals surface area contributed by atoms with Gasteiger partial charge in [-0.05, 0) is 177 Å². The van der Waals surface area contributed by atoms with Gasteiger partial charge in [0, 0.05) is 50.6 Å². The van der Waals surface area contributed by atoms with E-state index in [0.29, 0.717) is 0 Å². The lowest BCUT2D eigenvalue weighted by atomic mass is 9.79. The molecule has 2 saturated heterocycles. The molecular weight excluding hydrogens is 800 g/mol. The molecule has 2 aliphatic rings. The second kappa shape index (κ2) is 15.8. The van der Waals surface area contributed by atoms with Crippen molar-refractivity contribution in [1.82, 2.24) is 4.57 Å². The predicted octanol–water partition coefficient (Wildman–Crippen LogP) is 12.9. The number of anilines is 6. The Morgan fingerprint density at radius 2 is 0.677 bits per heavy atom. The van der Waals surface area contributed by atoms with E-state index in [1.165, 1.54) is 11.1 Å². The molecule has 9 heteroatoms. The van der Waals surface area contributed by atoms with E-state index in [0.717, 1.165) is 72.5 Å². The zero-order valence-corrected chi connectivity index (χ0v) is 39.2. The molecule has 1 aromatic heterocycles. The van der Waals surface area contributed by atoms with Crippen LogP contribution in [0.5, 0.6) is 0 Å². The quantitative estimate of drug-likeness (QED) is 0.135. The molecule has 7 aromatic carbocycles. The number of hydrogen-bond acceptors (Lipinski definition) is 6. The van der Waals surface area contributed by atoms with Gasteiger partial charge in [0.15, 0.2) is 0 Å². The molecule has 3 heterocycles. The molecule has 326 valence electrons. The van der Waals surface area contributed by atoms with E-state index in [9.17, 15) is 0 Å². The van der Waals surface area contributed by atoms with Crippen LogP contribution >= 0.6 is 0 Å². The SMILES string of the molecule is Cc1ccc(N(c2ccc(B3OC(C)(C)C(C)(C)O3)cc2)c2ccc3c(c2)c2cc(N(c4ccc(C)cc4)c4ccc(B5OC(C)(C)C(C)(C)O5)cc4)ccc2n3-c2ccccc2)cc1. The van der Waals surface area contributed by atoms with Gasteiger partial charge >= 0.3 is 14.2 Å². The summed E-state index contributed by atoms with van der Waals surface area (Å²) >= 11 is 0. The fraction of sp³-hybridized carbons (Fsp3) is 0.250. The number of hydrogen-bond donors (Lipinski definition) is 0. The van der Waals surface area contributed by atoms with E-state index in [-0.39, 0.29) is 0 Å². The van der Waals surface area contributed by atoms with E-state index in [1.807, 2.05) is 0 Å². The third-order valence-corrected chi connectivity index (χ3v) is 14.2. The number of aromatic nitrogens is 1. The van der Waals surface area contributed by atoms with Crippen molar-refractivity contribution in [2.45, 2.75) is 91.6 Å². The molecule has 0 radical (unpaired) electrons. The van der Waals surface area contributed by atoms with Crippen LogP contribution in [0.4, 0.5) is 34.1 Å². The summed E-state index contributed by atoms with van der Waals surface area (Å²) in [6.07, 6.45) is 0. The van der Waals surface area contributed by atoms with Crippen LogP contribution in [0.1, 0.15) is 66.5 Å². The van der Waals surface area contributed by atoms with E-state index in [1.54, 1.807) is 0 Å². The molecule has 2 fully saturated rings. The van der Waals surface area contributed by atoms with Gasteiger partial charge in [-0.15, -0.1) is 0 Å².